The molecule has 0 spiro atoms. The van der Waals surface area contributed by atoms with E-state index in [9.17, 15) is 0 Å². The van der Waals surface area contributed by atoms with Gasteiger partial charge in [0.1, 0.15) is 0 Å². The Labute approximate surface area is 62.6 Å². The summed E-state index contributed by atoms with van der Waals surface area (Å²) in [6.45, 7) is 1.27. The Morgan fingerprint density at radius 2 is 2.10 bits per heavy atom. The molecule has 0 unspecified atom stereocenters. The number of hydrogen-bond acceptors (Lipinski definition) is 2. The molecule has 2 aliphatic rings. The molecule has 1 saturated heterocycles. The lowest BCUT2D eigenvalue weighted by Crippen LogP contribution is -2.44. The summed E-state index contributed by atoms with van der Waals surface area (Å²) in [5.41, 5.74) is 0. The predicted molar refractivity (Wildman–Crippen MR) is 42.0 cm³/mol. The van der Waals surface area contributed by atoms with Crippen LogP contribution in [0.2, 0.25) is 0 Å². The Bertz CT molecular complexity index is 133. The van der Waals surface area contributed by atoms with Gasteiger partial charge in [0.25, 0.3) is 0 Å². The third-order valence-corrected chi connectivity index (χ3v) is 2.96. The van der Waals surface area contributed by atoms with Gasteiger partial charge in [0.05, 0.1) is 0 Å². The van der Waals surface area contributed by atoms with Gasteiger partial charge in [-0.25, -0.2) is 0 Å². The van der Waals surface area contributed by atoms with Gasteiger partial charge in [0.15, 0.2) is 0 Å². The minimum Gasteiger partial charge on any atom is -0.312 e. The molecule has 1 aliphatic carbocycles. The highest BCUT2D eigenvalue weighted by Gasteiger charge is 2.39. The summed E-state index contributed by atoms with van der Waals surface area (Å²) < 4.78 is 0. The first kappa shape index (κ1) is 6.62. The average molecular weight is 140 g/mol. The van der Waals surface area contributed by atoms with E-state index in [4.69, 9.17) is 0 Å². The second-order valence-electron chi connectivity index (χ2n) is 3.88. The molecule has 2 fully saturated rings. The summed E-state index contributed by atoms with van der Waals surface area (Å²) >= 11 is 0. The van der Waals surface area contributed by atoms with Crippen LogP contribution in [0.15, 0.2) is 0 Å². The first-order valence-electron chi connectivity index (χ1n) is 4.17. The van der Waals surface area contributed by atoms with E-state index in [1.165, 1.54) is 19.4 Å². The lowest BCUT2D eigenvalue weighted by Gasteiger charge is -2.28. The number of hydrogen-bond donors (Lipinski definition) is 1. The van der Waals surface area contributed by atoms with Crippen molar-refractivity contribution in [2.45, 2.75) is 24.9 Å². The summed E-state index contributed by atoms with van der Waals surface area (Å²) in [4.78, 5) is 2.36. The normalized spacial score (nSPS) is 45.3. The molecule has 1 saturated carbocycles. The zero-order valence-electron chi connectivity index (χ0n) is 6.80. The molecule has 1 N–H and O–H groups in total. The molecule has 0 radical (unpaired) electrons. The van der Waals surface area contributed by atoms with Gasteiger partial charge < -0.3 is 10.2 Å². The molecule has 2 nitrogen and oxygen atoms in total. The van der Waals surface area contributed by atoms with Crippen LogP contribution in [-0.2, 0) is 0 Å². The van der Waals surface area contributed by atoms with Crippen molar-refractivity contribution >= 4 is 0 Å². The third-order valence-electron chi connectivity index (χ3n) is 2.96. The van der Waals surface area contributed by atoms with Crippen LogP contribution in [0.5, 0.6) is 0 Å². The van der Waals surface area contributed by atoms with E-state index in [-0.39, 0.29) is 0 Å². The van der Waals surface area contributed by atoms with Crippen molar-refractivity contribution in [3.05, 3.63) is 0 Å². The molecular weight excluding hydrogens is 124 g/mol. The summed E-state index contributed by atoms with van der Waals surface area (Å²) in [6.07, 6.45) is 2.84. The van der Waals surface area contributed by atoms with Crippen LogP contribution >= 0.6 is 0 Å². The van der Waals surface area contributed by atoms with Crippen LogP contribution in [0, 0.1) is 5.92 Å². The van der Waals surface area contributed by atoms with E-state index >= 15 is 0 Å². The second-order valence-corrected chi connectivity index (χ2v) is 3.88. The summed E-state index contributed by atoms with van der Waals surface area (Å²) in [7, 11) is 4.38. The van der Waals surface area contributed by atoms with E-state index in [1.54, 1.807) is 0 Å². The molecule has 0 amide bonds. The lowest BCUT2D eigenvalue weighted by atomic mass is 10.1. The van der Waals surface area contributed by atoms with Crippen LogP contribution in [0.3, 0.4) is 0 Å². The van der Waals surface area contributed by atoms with Crippen molar-refractivity contribution in [3.63, 3.8) is 0 Å². The van der Waals surface area contributed by atoms with Gasteiger partial charge in [-0.1, -0.05) is 0 Å². The van der Waals surface area contributed by atoms with Crippen LogP contribution in [0.4, 0.5) is 0 Å². The zero-order valence-corrected chi connectivity index (χ0v) is 6.80. The van der Waals surface area contributed by atoms with Gasteiger partial charge in [-0.15, -0.1) is 0 Å². The van der Waals surface area contributed by atoms with Gasteiger partial charge >= 0.3 is 0 Å². The molecule has 2 bridgehead atoms. The largest absolute Gasteiger partial charge is 0.312 e. The first-order chi connectivity index (χ1) is 4.77. The van der Waals surface area contributed by atoms with E-state index in [2.05, 4.69) is 24.3 Å². The minimum absolute atomic E-state index is 0.806. The molecule has 2 rings (SSSR count). The van der Waals surface area contributed by atoms with E-state index < -0.39 is 0 Å². The summed E-state index contributed by atoms with van der Waals surface area (Å²) in [5, 5.41) is 3.55. The van der Waals surface area contributed by atoms with Gasteiger partial charge in [0, 0.05) is 12.1 Å². The molecular formula is C8H16N2. The van der Waals surface area contributed by atoms with Crippen LogP contribution in [0.1, 0.15) is 12.8 Å². The topological polar surface area (TPSA) is 15.3 Å². The number of likely N-dealkylation sites (N-methyl/N-ethyl adjacent to an activating group) is 1. The smallest absolute Gasteiger partial charge is 0.0246 e. The Balaban J connectivity index is 2.02. The Morgan fingerprint density at radius 1 is 1.30 bits per heavy atom. The first-order valence-corrected chi connectivity index (χ1v) is 4.17. The average Bonchev–Trinajstić information content (AvgIpc) is 2.44. The fourth-order valence-electron chi connectivity index (χ4n) is 2.39. The summed E-state index contributed by atoms with van der Waals surface area (Å²) in [6, 6.07) is 1.62. The van der Waals surface area contributed by atoms with Crippen molar-refractivity contribution in [3.8, 4) is 0 Å². The third kappa shape index (κ3) is 0.867. The number of nitrogens with zero attached hydrogens (tertiary/aromatic N) is 1. The van der Waals surface area contributed by atoms with E-state index in [0.29, 0.717) is 0 Å². The van der Waals surface area contributed by atoms with Gasteiger partial charge in [-0.3, -0.25) is 0 Å². The Hall–Kier alpha value is -0.0800. The number of fused-ring (bicyclic) bond motifs is 2. The van der Waals surface area contributed by atoms with Crippen LogP contribution in [-0.4, -0.2) is 37.6 Å². The van der Waals surface area contributed by atoms with Gasteiger partial charge in [-0.2, -0.15) is 0 Å². The van der Waals surface area contributed by atoms with Crippen LogP contribution < -0.4 is 5.32 Å². The van der Waals surface area contributed by atoms with Gasteiger partial charge in [0.2, 0.25) is 0 Å². The molecule has 3 atom stereocenters. The number of rotatable bonds is 1. The zero-order chi connectivity index (χ0) is 7.14. The standard InChI is InChI=1S/C8H16N2/c1-10(2)8-4-6-3-7(8)9-5-6/h6-9H,3-5H2,1-2H3/t6-,7+,8-/m0/s1. The molecule has 0 aromatic heterocycles. The molecule has 0 aromatic carbocycles. The van der Waals surface area contributed by atoms with Crippen molar-refractivity contribution < 1.29 is 0 Å². The van der Waals surface area contributed by atoms with E-state index in [1.807, 2.05) is 0 Å². The van der Waals surface area contributed by atoms with E-state index in [0.717, 1.165) is 18.0 Å². The quantitative estimate of drug-likeness (QED) is 0.563. The minimum atomic E-state index is 0.806. The highest BCUT2D eigenvalue weighted by atomic mass is 15.2. The Morgan fingerprint density at radius 3 is 2.40 bits per heavy atom. The summed E-state index contributed by atoms with van der Waals surface area (Å²) in [5.74, 6) is 0.984. The molecule has 1 heterocycles. The monoisotopic (exact) mass is 140 g/mol. The molecule has 1 aliphatic heterocycles. The predicted octanol–water partition coefficient (Wildman–Crippen LogP) is 0.298. The maximum Gasteiger partial charge on any atom is 0.0246 e. The fourth-order valence-corrected chi connectivity index (χ4v) is 2.39. The second kappa shape index (κ2) is 2.21. The number of piperidine rings is 1. The van der Waals surface area contributed by atoms with Crippen molar-refractivity contribution in [2.24, 2.45) is 5.92 Å². The number of nitrogens with one attached hydrogen (secondary N) is 1. The SMILES string of the molecule is CN(C)[C@H]1C[C@H]2CN[C@@H]1C2. The highest BCUT2D eigenvalue weighted by molar-refractivity contribution is 4.99. The maximum atomic E-state index is 3.55. The van der Waals surface area contributed by atoms with Crippen LogP contribution in [0.25, 0.3) is 0 Å². The van der Waals surface area contributed by atoms with Gasteiger partial charge in [-0.05, 0) is 39.4 Å². The van der Waals surface area contributed by atoms with Crippen molar-refractivity contribution in [1.29, 1.82) is 0 Å². The fraction of sp³-hybridized carbons (Fsp3) is 1.00. The van der Waals surface area contributed by atoms with Crippen molar-refractivity contribution in [2.75, 3.05) is 20.6 Å². The highest BCUT2D eigenvalue weighted by Crippen LogP contribution is 2.33. The molecule has 10 heavy (non-hydrogen) atoms. The molecule has 58 valence electrons. The lowest BCUT2D eigenvalue weighted by molar-refractivity contribution is 0.233. The molecule has 2 heteroatoms. The maximum absolute atomic E-state index is 3.55. The van der Waals surface area contributed by atoms with Crippen molar-refractivity contribution in [1.82, 2.24) is 10.2 Å². The molecule has 0 aromatic rings. The Kier molecular flexibility index (Phi) is 1.46.